The predicted octanol–water partition coefficient (Wildman–Crippen LogP) is 3.67. The van der Waals surface area contributed by atoms with E-state index in [0.717, 1.165) is 12.8 Å². The molecule has 0 spiro atoms. The van der Waals surface area contributed by atoms with Gasteiger partial charge in [-0.15, -0.1) is 0 Å². The number of nitrogens with zero attached hydrogens (tertiary/aromatic N) is 1. The summed E-state index contributed by atoms with van der Waals surface area (Å²) in [5, 5.41) is 0. The van der Waals surface area contributed by atoms with Crippen LogP contribution in [0.3, 0.4) is 0 Å². The highest BCUT2D eigenvalue weighted by molar-refractivity contribution is 5.95. The lowest BCUT2D eigenvalue weighted by Gasteiger charge is -2.16. The van der Waals surface area contributed by atoms with E-state index in [9.17, 15) is 13.6 Å². The molecule has 4 heteroatoms. The first kappa shape index (κ1) is 13.7. The molecule has 1 saturated heterocycles. The molecule has 3 rings (SSSR count). The highest BCUT2D eigenvalue weighted by Crippen LogP contribution is 2.23. The summed E-state index contributed by atoms with van der Waals surface area (Å²) >= 11 is 0. The van der Waals surface area contributed by atoms with Crippen LogP contribution >= 0.6 is 0 Å². The van der Waals surface area contributed by atoms with Gasteiger partial charge in [0, 0.05) is 13.1 Å². The molecule has 1 aliphatic heterocycles. The van der Waals surface area contributed by atoms with Gasteiger partial charge in [-0.05, 0) is 54.3 Å². The van der Waals surface area contributed by atoms with E-state index in [1.807, 2.05) is 0 Å². The molecule has 0 atom stereocenters. The maximum Gasteiger partial charge on any atom is 0.256 e. The van der Waals surface area contributed by atoms with Crippen molar-refractivity contribution in [1.82, 2.24) is 4.90 Å². The van der Waals surface area contributed by atoms with Crippen molar-refractivity contribution in [2.45, 2.75) is 12.8 Å². The summed E-state index contributed by atoms with van der Waals surface area (Å²) in [6.45, 7) is 1.36. The van der Waals surface area contributed by atoms with Crippen molar-refractivity contribution in [3.05, 3.63) is 59.7 Å². The fourth-order valence-electron chi connectivity index (χ4n) is 2.55. The van der Waals surface area contributed by atoms with E-state index in [1.54, 1.807) is 11.0 Å². The first-order chi connectivity index (χ1) is 10.1. The molecule has 2 aromatic carbocycles. The third-order valence-corrected chi connectivity index (χ3v) is 3.67. The molecule has 21 heavy (non-hydrogen) atoms. The van der Waals surface area contributed by atoms with Gasteiger partial charge in [0.2, 0.25) is 0 Å². The quantitative estimate of drug-likeness (QED) is 0.825. The smallest absolute Gasteiger partial charge is 0.256 e. The second kappa shape index (κ2) is 5.64. The summed E-state index contributed by atoms with van der Waals surface area (Å²) in [7, 11) is 0. The first-order valence-corrected chi connectivity index (χ1v) is 6.91. The summed E-state index contributed by atoms with van der Waals surface area (Å²) in [6.07, 6.45) is 1.92. The Labute approximate surface area is 122 Å². The first-order valence-electron chi connectivity index (χ1n) is 6.91. The number of rotatable bonds is 2. The maximum absolute atomic E-state index is 14.2. The topological polar surface area (TPSA) is 20.3 Å². The van der Waals surface area contributed by atoms with Gasteiger partial charge in [-0.3, -0.25) is 4.79 Å². The zero-order valence-electron chi connectivity index (χ0n) is 11.4. The predicted molar refractivity (Wildman–Crippen MR) is 75.8 cm³/mol. The van der Waals surface area contributed by atoms with E-state index >= 15 is 0 Å². The number of hydrogen-bond acceptors (Lipinski definition) is 1. The Bertz CT molecular complexity index is 678. The highest BCUT2D eigenvalue weighted by Gasteiger charge is 2.22. The van der Waals surface area contributed by atoms with Gasteiger partial charge in [-0.25, -0.2) is 8.78 Å². The summed E-state index contributed by atoms with van der Waals surface area (Å²) in [5.41, 5.74) is 1.04. The lowest BCUT2D eigenvalue weighted by Crippen LogP contribution is -2.28. The molecule has 0 aromatic heterocycles. The molecule has 1 radical (unpaired) electrons. The Hall–Kier alpha value is -2.23. The number of carbonyl (C=O) groups is 1. The van der Waals surface area contributed by atoms with E-state index < -0.39 is 11.6 Å². The monoisotopic (exact) mass is 286 g/mol. The zero-order valence-corrected chi connectivity index (χ0v) is 11.4. The van der Waals surface area contributed by atoms with E-state index in [4.69, 9.17) is 0 Å². The minimum absolute atomic E-state index is 0.0667. The fraction of sp³-hybridized carbons (Fsp3) is 0.235. The molecule has 1 amide bonds. The van der Waals surface area contributed by atoms with Gasteiger partial charge in [0.05, 0.1) is 5.56 Å². The second-order valence-corrected chi connectivity index (χ2v) is 5.11. The molecular weight excluding hydrogens is 272 g/mol. The Kier molecular flexibility index (Phi) is 3.69. The van der Waals surface area contributed by atoms with Gasteiger partial charge in [0.1, 0.15) is 11.6 Å². The number of benzene rings is 2. The molecule has 0 N–H and O–H groups in total. The molecule has 0 saturated carbocycles. The average molecular weight is 286 g/mol. The van der Waals surface area contributed by atoms with E-state index in [0.29, 0.717) is 24.2 Å². The number of amides is 1. The molecule has 2 nitrogen and oxygen atoms in total. The van der Waals surface area contributed by atoms with Gasteiger partial charge in [0.25, 0.3) is 5.91 Å². The van der Waals surface area contributed by atoms with Crippen LogP contribution in [0.5, 0.6) is 0 Å². The second-order valence-electron chi connectivity index (χ2n) is 5.11. The summed E-state index contributed by atoms with van der Waals surface area (Å²) < 4.78 is 27.4. The summed E-state index contributed by atoms with van der Waals surface area (Å²) in [5.74, 6) is -1.26. The number of halogens is 2. The van der Waals surface area contributed by atoms with Gasteiger partial charge in [-0.1, -0.05) is 12.1 Å². The summed E-state index contributed by atoms with van der Waals surface area (Å²) in [4.78, 5) is 13.8. The van der Waals surface area contributed by atoms with Crippen molar-refractivity contribution in [3.63, 3.8) is 0 Å². The van der Waals surface area contributed by atoms with Crippen LogP contribution in [0.2, 0.25) is 0 Å². The Balaban J connectivity index is 1.91. The van der Waals surface area contributed by atoms with Gasteiger partial charge >= 0.3 is 0 Å². The molecule has 0 unspecified atom stereocenters. The fourth-order valence-corrected chi connectivity index (χ4v) is 2.55. The van der Waals surface area contributed by atoms with Crippen LogP contribution in [0.1, 0.15) is 23.2 Å². The molecule has 1 fully saturated rings. The minimum atomic E-state index is -0.581. The SMILES string of the molecule is O=C(c1ccc(-c2[c]ccc(F)c2)cc1F)N1CCCC1. The van der Waals surface area contributed by atoms with Crippen LogP contribution in [-0.4, -0.2) is 23.9 Å². The van der Waals surface area contributed by atoms with Gasteiger partial charge < -0.3 is 4.90 Å². The van der Waals surface area contributed by atoms with E-state index in [2.05, 4.69) is 6.07 Å². The molecule has 1 heterocycles. The van der Waals surface area contributed by atoms with E-state index in [1.165, 1.54) is 30.3 Å². The lowest BCUT2D eigenvalue weighted by molar-refractivity contribution is 0.0788. The van der Waals surface area contributed by atoms with Crippen molar-refractivity contribution in [1.29, 1.82) is 0 Å². The van der Waals surface area contributed by atoms with Crippen LogP contribution in [0, 0.1) is 17.7 Å². The highest BCUT2D eigenvalue weighted by atomic mass is 19.1. The Morgan fingerprint density at radius 1 is 1.10 bits per heavy atom. The normalized spacial score (nSPS) is 14.5. The standard InChI is InChI=1S/C17H14F2NO/c18-14-5-3-4-12(10-14)13-6-7-15(16(19)11-13)17(21)20-8-1-2-9-20/h3,5-7,10-11H,1-2,8-9H2. The maximum atomic E-state index is 14.2. The minimum Gasteiger partial charge on any atom is -0.339 e. The van der Waals surface area contributed by atoms with Crippen molar-refractivity contribution < 1.29 is 13.6 Å². The zero-order chi connectivity index (χ0) is 14.8. The van der Waals surface area contributed by atoms with Gasteiger partial charge in [0.15, 0.2) is 0 Å². The van der Waals surface area contributed by atoms with Crippen LogP contribution in [-0.2, 0) is 0 Å². The Morgan fingerprint density at radius 2 is 1.86 bits per heavy atom. The van der Waals surface area contributed by atoms with Crippen LogP contribution in [0.15, 0.2) is 36.4 Å². The van der Waals surface area contributed by atoms with Crippen LogP contribution in [0.25, 0.3) is 11.1 Å². The average Bonchev–Trinajstić information content (AvgIpc) is 3.00. The number of hydrogen-bond donors (Lipinski definition) is 0. The van der Waals surface area contributed by atoms with Crippen LogP contribution in [0.4, 0.5) is 8.78 Å². The van der Waals surface area contributed by atoms with Crippen LogP contribution < -0.4 is 0 Å². The molecule has 0 aliphatic carbocycles. The Morgan fingerprint density at radius 3 is 2.52 bits per heavy atom. The third-order valence-electron chi connectivity index (χ3n) is 3.67. The van der Waals surface area contributed by atoms with Crippen molar-refractivity contribution in [3.8, 4) is 11.1 Å². The third kappa shape index (κ3) is 2.79. The number of carbonyl (C=O) groups excluding carboxylic acids is 1. The largest absolute Gasteiger partial charge is 0.339 e. The molecule has 1 aliphatic rings. The van der Waals surface area contributed by atoms with E-state index in [-0.39, 0.29) is 11.5 Å². The van der Waals surface area contributed by atoms with Crippen molar-refractivity contribution in [2.24, 2.45) is 0 Å². The molecule has 2 aromatic rings. The molecular formula is C17H14F2NO. The van der Waals surface area contributed by atoms with Crippen molar-refractivity contribution in [2.75, 3.05) is 13.1 Å². The van der Waals surface area contributed by atoms with Crippen molar-refractivity contribution >= 4 is 5.91 Å². The summed E-state index contributed by atoms with van der Waals surface area (Å²) in [6, 6.07) is 11.2. The van der Waals surface area contributed by atoms with Gasteiger partial charge in [-0.2, -0.15) is 0 Å². The number of likely N-dealkylation sites (tertiary alicyclic amines) is 1. The lowest BCUT2D eigenvalue weighted by atomic mass is 10.0. The molecule has 107 valence electrons. The molecule has 0 bridgehead atoms.